The summed E-state index contributed by atoms with van der Waals surface area (Å²) >= 11 is 0. The first-order chi connectivity index (χ1) is 8.35. The van der Waals surface area contributed by atoms with E-state index < -0.39 is 0 Å². The first-order valence-electron chi connectivity index (χ1n) is 6.25. The zero-order valence-corrected chi connectivity index (χ0v) is 10.7. The van der Waals surface area contributed by atoms with Crippen LogP contribution < -0.4 is 5.32 Å². The van der Waals surface area contributed by atoms with E-state index >= 15 is 0 Å². The number of aryl methyl sites for hydroxylation is 1. The Hall–Kier alpha value is -1.06. The summed E-state index contributed by atoms with van der Waals surface area (Å²) < 4.78 is 10.4. The number of hydrogen-bond acceptors (Lipinski definition) is 3. The molecule has 1 aromatic rings. The fraction of sp³-hybridized carbons (Fsp3) is 0.571. The third-order valence-corrected chi connectivity index (χ3v) is 3.38. The molecule has 2 rings (SSSR count). The number of anilines is 1. The molecule has 0 atom stereocenters. The minimum Gasteiger partial charge on any atom is -0.380 e. The lowest BCUT2D eigenvalue weighted by molar-refractivity contribution is -0.0914. The van der Waals surface area contributed by atoms with Crippen molar-refractivity contribution in [2.45, 2.75) is 32.0 Å². The zero-order chi connectivity index (χ0) is 12.1. The molecule has 0 fully saturated rings. The van der Waals surface area contributed by atoms with Crippen molar-refractivity contribution in [1.82, 2.24) is 0 Å². The first kappa shape index (κ1) is 12.4. The highest BCUT2D eigenvalue weighted by Gasteiger charge is 2.13. The van der Waals surface area contributed by atoms with Gasteiger partial charge < -0.3 is 14.8 Å². The second kappa shape index (κ2) is 6.03. The fourth-order valence-electron chi connectivity index (χ4n) is 2.40. The highest BCUT2D eigenvalue weighted by atomic mass is 16.7. The van der Waals surface area contributed by atoms with Crippen LogP contribution in [-0.2, 0) is 22.3 Å². The molecule has 0 aliphatic heterocycles. The van der Waals surface area contributed by atoms with Crippen LogP contribution in [0.5, 0.6) is 0 Å². The van der Waals surface area contributed by atoms with Crippen LogP contribution in [0.25, 0.3) is 0 Å². The van der Waals surface area contributed by atoms with Crippen molar-refractivity contribution >= 4 is 5.69 Å². The van der Waals surface area contributed by atoms with E-state index in [0.29, 0.717) is 6.54 Å². The van der Waals surface area contributed by atoms with Gasteiger partial charge in [0, 0.05) is 19.9 Å². The van der Waals surface area contributed by atoms with Gasteiger partial charge in [0.15, 0.2) is 6.29 Å². The van der Waals surface area contributed by atoms with Crippen LogP contribution in [0, 0.1) is 0 Å². The minimum absolute atomic E-state index is 0.186. The number of methoxy groups -OCH3 is 2. The van der Waals surface area contributed by atoms with Crippen molar-refractivity contribution in [3.8, 4) is 0 Å². The van der Waals surface area contributed by atoms with Gasteiger partial charge in [0.1, 0.15) is 0 Å². The monoisotopic (exact) mass is 235 g/mol. The number of hydrogen-bond donors (Lipinski definition) is 1. The summed E-state index contributed by atoms with van der Waals surface area (Å²) in [5, 5.41) is 3.42. The summed E-state index contributed by atoms with van der Waals surface area (Å²) in [4.78, 5) is 0. The normalized spacial score (nSPS) is 14.8. The molecule has 0 bridgehead atoms. The number of benzene rings is 1. The Morgan fingerprint density at radius 2 is 1.94 bits per heavy atom. The molecule has 3 nitrogen and oxygen atoms in total. The Balaban J connectivity index is 2.05. The van der Waals surface area contributed by atoms with Gasteiger partial charge >= 0.3 is 0 Å². The Bertz CT molecular complexity index is 361. The van der Waals surface area contributed by atoms with Crippen molar-refractivity contribution in [1.29, 1.82) is 0 Å². The van der Waals surface area contributed by atoms with E-state index in [0.717, 1.165) is 0 Å². The molecule has 1 aromatic carbocycles. The summed E-state index contributed by atoms with van der Waals surface area (Å²) in [6.45, 7) is 0.684. The molecule has 17 heavy (non-hydrogen) atoms. The van der Waals surface area contributed by atoms with Gasteiger partial charge in [-0.3, -0.25) is 0 Å². The maximum atomic E-state index is 5.18. The molecule has 0 unspecified atom stereocenters. The van der Waals surface area contributed by atoms with Crippen molar-refractivity contribution in [2.24, 2.45) is 0 Å². The van der Waals surface area contributed by atoms with E-state index in [4.69, 9.17) is 9.47 Å². The van der Waals surface area contributed by atoms with E-state index in [1.807, 2.05) is 0 Å². The van der Waals surface area contributed by atoms with Gasteiger partial charge in [-0.2, -0.15) is 0 Å². The molecular formula is C14H21NO2. The summed E-state index contributed by atoms with van der Waals surface area (Å²) in [6, 6.07) is 6.51. The lowest BCUT2D eigenvalue weighted by Gasteiger charge is -2.21. The SMILES string of the molecule is COC(CNc1cccc2c1CCCC2)OC. The highest BCUT2D eigenvalue weighted by Crippen LogP contribution is 2.27. The van der Waals surface area contributed by atoms with Gasteiger partial charge in [0.05, 0.1) is 6.54 Å². The van der Waals surface area contributed by atoms with Crippen molar-refractivity contribution < 1.29 is 9.47 Å². The van der Waals surface area contributed by atoms with Gasteiger partial charge in [-0.15, -0.1) is 0 Å². The maximum Gasteiger partial charge on any atom is 0.173 e. The van der Waals surface area contributed by atoms with Gasteiger partial charge in [0.2, 0.25) is 0 Å². The average molecular weight is 235 g/mol. The van der Waals surface area contributed by atoms with Crippen LogP contribution in [0.4, 0.5) is 5.69 Å². The zero-order valence-electron chi connectivity index (χ0n) is 10.7. The van der Waals surface area contributed by atoms with E-state index in [-0.39, 0.29) is 6.29 Å². The second-order valence-corrected chi connectivity index (χ2v) is 4.43. The topological polar surface area (TPSA) is 30.5 Å². The molecule has 0 amide bonds. The van der Waals surface area contributed by atoms with E-state index in [2.05, 4.69) is 23.5 Å². The quantitative estimate of drug-likeness (QED) is 0.796. The third kappa shape index (κ3) is 2.99. The van der Waals surface area contributed by atoms with Gasteiger partial charge in [0.25, 0.3) is 0 Å². The van der Waals surface area contributed by atoms with Crippen LogP contribution in [-0.4, -0.2) is 27.1 Å². The van der Waals surface area contributed by atoms with Crippen molar-refractivity contribution in [3.63, 3.8) is 0 Å². The lowest BCUT2D eigenvalue weighted by Crippen LogP contribution is -2.24. The first-order valence-corrected chi connectivity index (χ1v) is 6.25. The molecule has 1 aliphatic rings. The van der Waals surface area contributed by atoms with Crippen LogP contribution in [0.1, 0.15) is 24.0 Å². The summed E-state index contributed by atoms with van der Waals surface area (Å²) in [7, 11) is 3.33. The number of fused-ring (bicyclic) bond motifs is 1. The van der Waals surface area contributed by atoms with Crippen molar-refractivity contribution in [2.75, 3.05) is 26.1 Å². The average Bonchev–Trinajstić information content (AvgIpc) is 2.40. The second-order valence-electron chi connectivity index (χ2n) is 4.43. The fourth-order valence-corrected chi connectivity index (χ4v) is 2.40. The molecule has 0 saturated carbocycles. The summed E-state index contributed by atoms with van der Waals surface area (Å²) in [5.41, 5.74) is 4.21. The third-order valence-electron chi connectivity index (χ3n) is 3.38. The summed E-state index contributed by atoms with van der Waals surface area (Å²) in [5.74, 6) is 0. The Kier molecular flexibility index (Phi) is 4.40. The smallest absolute Gasteiger partial charge is 0.173 e. The molecule has 1 aliphatic carbocycles. The molecule has 1 N–H and O–H groups in total. The summed E-state index contributed by atoms with van der Waals surface area (Å²) in [6.07, 6.45) is 4.82. The Morgan fingerprint density at radius 1 is 1.18 bits per heavy atom. The molecule has 94 valence electrons. The largest absolute Gasteiger partial charge is 0.380 e. The van der Waals surface area contributed by atoms with Crippen LogP contribution >= 0.6 is 0 Å². The number of ether oxygens (including phenoxy) is 2. The lowest BCUT2D eigenvalue weighted by atomic mass is 9.90. The predicted octanol–water partition coefficient (Wildman–Crippen LogP) is 2.60. The molecule has 3 heteroatoms. The van der Waals surface area contributed by atoms with Crippen molar-refractivity contribution in [3.05, 3.63) is 29.3 Å². The molecular weight excluding hydrogens is 214 g/mol. The minimum atomic E-state index is -0.186. The molecule has 0 heterocycles. The van der Waals surface area contributed by atoms with Crippen LogP contribution in [0.15, 0.2) is 18.2 Å². The molecule has 0 saturated heterocycles. The van der Waals surface area contributed by atoms with E-state index in [1.165, 1.54) is 42.5 Å². The number of nitrogens with one attached hydrogen (secondary N) is 1. The van der Waals surface area contributed by atoms with Gasteiger partial charge in [-0.05, 0) is 42.9 Å². The van der Waals surface area contributed by atoms with Gasteiger partial charge in [-0.25, -0.2) is 0 Å². The van der Waals surface area contributed by atoms with Crippen LogP contribution in [0.2, 0.25) is 0 Å². The van der Waals surface area contributed by atoms with E-state index in [1.54, 1.807) is 14.2 Å². The predicted molar refractivity (Wildman–Crippen MR) is 69.4 cm³/mol. The molecule has 0 radical (unpaired) electrons. The number of rotatable bonds is 5. The molecule has 0 aromatic heterocycles. The Labute approximate surface area is 103 Å². The van der Waals surface area contributed by atoms with E-state index in [9.17, 15) is 0 Å². The standard InChI is InChI=1S/C14H21NO2/c1-16-14(17-2)10-15-13-9-5-7-11-6-3-4-8-12(11)13/h5,7,9,14-15H,3-4,6,8,10H2,1-2H3. The highest BCUT2D eigenvalue weighted by molar-refractivity contribution is 5.55. The molecule has 0 spiro atoms. The Morgan fingerprint density at radius 3 is 2.71 bits per heavy atom. The maximum absolute atomic E-state index is 5.18. The van der Waals surface area contributed by atoms with Crippen LogP contribution in [0.3, 0.4) is 0 Å². The van der Waals surface area contributed by atoms with Gasteiger partial charge in [-0.1, -0.05) is 12.1 Å².